The number of carbonyl (C=O) groups excluding carboxylic acids is 2. The van der Waals surface area contributed by atoms with E-state index >= 15 is 0 Å². The average molecular weight is 246 g/mol. The van der Waals surface area contributed by atoms with E-state index in [4.69, 9.17) is 0 Å². The van der Waals surface area contributed by atoms with E-state index in [1.54, 1.807) is 13.0 Å². The van der Waals surface area contributed by atoms with Crippen molar-refractivity contribution in [3.8, 4) is 0 Å². The highest BCUT2D eigenvalue weighted by molar-refractivity contribution is 5.90. The second-order valence-electron chi connectivity index (χ2n) is 3.47. The highest BCUT2D eigenvalue weighted by Crippen LogP contribution is 2.03. The molecule has 0 aromatic heterocycles. The molecule has 0 amide bonds. The van der Waals surface area contributed by atoms with Crippen molar-refractivity contribution in [2.24, 2.45) is 0 Å². The van der Waals surface area contributed by atoms with Gasteiger partial charge in [-0.3, -0.25) is 0 Å². The lowest BCUT2D eigenvalue weighted by atomic mass is 10.2. The summed E-state index contributed by atoms with van der Waals surface area (Å²) in [5.74, 6) is -1.49. The number of rotatable bonds is 4. The van der Waals surface area contributed by atoms with E-state index in [1.807, 2.05) is 30.3 Å². The van der Waals surface area contributed by atoms with Gasteiger partial charge >= 0.3 is 11.9 Å². The Labute approximate surface area is 105 Å². The van der Waals surface area contributed by atoms with Crippen LogP contribution in [-0.4, -0.2) is 11.9 Å². The minimum Gasteiger partial charge on any atom is -0.242 e. The fourth-order valence-electron chi connectivity index (χ4n) is 1.04. The third kappa shape index (κ3) is 4.65. The zero-order chi connectivity index (χ0) is 13.4. The molecule has 1 rings (SSSR count). The van der Waals surface area contributed by atoms with Crippen LogP contribution in [0.2, 0.25) is 0 Å². The van der Waals surface area contributed by atoms with Crippen LogP contribution in [-0.2, 0) is 19.4 Å². The topological polar surface area (TPSA) is 52.6 Å². The molecule has 0 bridgehead atoms. The summed E-state index contributed by atoms with van der Waals surface area (Å²) in [6.45, 7) is 5.21. The third-order valence-electron chi connectivity index (χ3n) is 2.13. The van der Waals surface area contributed by atoms with Gasteiger partial charge in [0.2, 0.25) is 0 Å². The van der Waals surface area contributed by atoms with Gasteiger partial charge in [0.05, 0.1) is 0 Å². The molecule has 0 unspecified atom stereocenters. The van der Waals surface area contributed by atoms with Gasteiger partial charge < -0.3 is 0 Å². The summed E-state index contributed by atoms with van der Waals surface area (Å²) in [6, 6.07) is 9.21. The lowest BCUT2D eigenvalue weighted by Crippen LogP contribution is -2.10. The largest absolute Gasteiger partial charge is 0.381 e. The molecule has 0 aliphatic rings. The summed E-state index contributed by atoms with van der Waals surface area (Å²) in [7, 11) is 0. The summed E-state index contributed by atoms with van der Waals surface area (Å²) in [5, 5.41) is 0. The standard InChI is InChI=1S/C14H14O4/c1-3-11(2)14(16)18-17-13(15)10-9-12-7-5-4-6-8-12/h4-10H,2-3H2,1H3. The van der Waals surface area contributed by atoms with Crippen molar-refractivity contribution >= 4 is 18.0 Å². The monoisotopic (exact) mass is 246 g/mol. The van der Waals surface area contributed by atoms with Crippen molar-refractivity contribution in [1.29, 1.82) is 0 Å². The van der Waals surface area contributed by atoms with Gasteiger partial charge in [0.1, 0.15) is 0 Å². The molecule has 0 N–H and O–H groups in total. The van der Waals surface area contributed by atoms with Gasteiger partial charge in [-0.15, -0.1) is 0 Å². The van der Waals surface area contributed by atoms with Crippen LogP contribution in [0.4, 0.5) is 0 Å². The number of benzene rings is 1. The van der Waals surface area contributed by atoms with Crippen molar-refractivity contribution in [3.63, 3.8) is 0 Å². The minimum atomic E-state index is -0.754. The maximum absolute atomic E-state index is 11.2. The smallest absolute Gasteiger partial charge is 0.242 e. The van der Waals surface area contributed by atoms with E-state index in [0.29, 0.717) is 6.42 Å². The Morgan fingerprint density at radius 1 is 1.22 bits per heavy atom. The Morgan fingerprint density at radius 3 is 2.50 bits per heavy atom. The Balaban J connectivity index is 2.41. The van der Waals surface area contributed by atoms with Gasteiger partial charge in [-0.2, -0.15) is 0 Å². The zero-order valence-electron chi connectivity index (χ0n) is 10.1. The Morgan fingerprint density at radius 2 is 1.89 bits per heavy atom. The van der Waals surface area contributed by atoms with E-state index in [1.165, 1.54) is 6.08 Å². The number of hydrogen-bond acceptors (Lipinski definition) is 4. The van der Waals surface area contributed by atoms with Gasteiger partial charge in [-0.05, 0) is 18.1 Å². The molecular weight excluding hydrogens is 232 g/mol. The van der Waals surface area contributed by atoms with Gasteiger partial charge in [0.25, 0.3) is 0 Å². The molecule has 1 aromatic rings. The van der Waals surface area contributed by atoms with Crippen molar-refractivity contribution < 1.29 is 19.4 Å². The van der Waals surface area contributed by atoms with Crippen LogP contribution >= 0.6 is 0 Å². The van der Waals surface area contributed by atoms with Gasteiger partial charge in [-0.1, -0.05) is 43.8 Å². The molecule has 0 aliphatic heterocycles. The Bertz CT molecular complexity index is 460. The van der Waals surface area contributed by atoms with E-state index in [2.05, 4.69) is 16.4 Å². The van der Waals surface area contributed by atoms with Crippen LogP contribution in [0.5, 0.6) is 0 Å². The zero-order valence-corrected chi connectivity index (χ0v) is 10.1. The molecule has 1 aromatic carbocycles. The molecular formula is C14H14O4. The van der Waals surface area contributed by atoms with Crippen molar-refractivity contribution in [2.75, 3.05) is 0 Å². The minimum absolute atomic E-state index is 0.245. The second-order valence-corrected chi connectivity index (χ2v) is 3.47. The fourth-order valence-corrected chi connectivity index (χ4v) is 1.04. The summed E-state index contributed by atoms with van der Waals surface area (Å²) < 4.78 is 0. The van der Waals surface area contributed by atoms with E-state index < -0.39 is 11.9 Å². The van der Waals surface area contributed by atoms with Crippen molar-refractivity contribution in [3.05, 3.63) is 54.1 Å². The predicted molar refractivity (Wildman–Crippen MR) is 67.1 cm³/mol. The maximum atomic E-state index is 11.2. The molecule has 94 valence electrons. The van der Waals surface area contributed by atoms with Crippen LogP contribution in [0.1, 0.15) is 18.9 Å². The highest BCUT2D eigenvalue weighted by Gasteiger charge is 2.09. The normalized spacial score (nSPS) is 10.1. The molecule has 0 saturated carbocycles. The quantitative estimate of drug-likeness (QED) is 0.465. The molecule has 0 aliphatic carbocycles. The van der Waals surface area contributed by atoms with Gasteiger partial charge in [-0.25, -0.2) is 19.4 Å². The number of carbonyl (C=O) groups is 2. The molecule has 4 heteroatoms. The lowest BCUT2D eigenvalue weighted by Gasteiger charge is -2.01. The summed E-state index contributed by atoms with van der Waals surface area (Å²) in [4.78, 5) is 31.0. The molecule has 0 radical (unpaired) electrons. The average Bonchev–Trinajstić information content (AvgIpc) is 2.42. The first-order chi connectivity index (χ1) is 8.63. The van der Waals surface area contributed by atoms with Gasteiger partial charge in [0, 0.05) is 11.6 Å². The first kappa shape index (κ1) is 13.7. The first-order valence-electron chi connectivity index (χ1n) is 5.47. The molecule has 0 fully saturated rings. The summed E-state index contributed by atoms with van der Waals surface area (Å²) in [6.07, 6.45) is 3.18. The van der Waals surface area contributed by atoms with E-state index in [0.717, 1.165) is 5.56 Å². The first-order valence-corrected chi connectivity index (χ1v) is 5.47. The van der Waals surface area contributed by atoms with Crippen LogP contribution in [0.25, 0.3) is 6.08 Å². The maximum Gasteiger partial charge on any atom is 0.381 e. The molecule has 0 heterocycles. The molecule has 0 saturated heterocycles. The van der Waals surface area contributed by atoms with Crippen LogP contribution in [0.15, 0.2) is 48.6 Å². The predicted octanol–water partition coefficient (Wildman–Crippen LogP) is 2.67. The van der Waals surface area contributed by atoms with Crippen molar-refractivity contribution in [2.45, 2.75) is 13.3 Å². The SMILES string of the molecule is C=C(CC)C(=O)OOC(=O)C=Cc1ccccc1. The van der Waals surface area contributed by atoms with Gasteiger partial charge in [0.15, 0.2) is 0 Å². The lowest BCUT2D eigenvalue weighted by molar-refractivity contribution is -0.251. The van der Waals surface area contributed by atoms with E-state index in [9.17, 15) is 9.59 Å². The molecule has 18 heavy (non-hydrogen) atoms. The third-order valence-corrected chi connectivity index (χ3v) is 2.13. The van der Waals surface area contributed by atoms with Crippen LogP contribution in [0.3, 0.4) is 0 Å². The van der Waals surface area contributed by atoms with Crippen molar-refractivity contribution in [1.82, 2.24) is 0 Å². The van der Waals surface area contributed by atoms with Crippen LogP contribution in [0, 0.1) is 0 Å². The molecule has 4 nitrogen and oxygen atoms in total. The summed E-state index contributed by atoms with van der Waals surface area (Å²) in [5.41, 5.74) is 1.09. The molecule has 0 spiro atoms. The number of hydrogen-bond donors (Lipinski definition) is 0. The van der Waals surface area contributed by atoms with E-state index in [-0.39, 0.29) is 5.57 Å². The fraction of sp³-hybridized carbons (Fsp3) is 0.143. The van der Waals surface area contributed by atoms with Crippen LogP contribution < -0.4 is 0 Å². The Kier molecular flexibility index (Phi) is 5.38. The summed E-state index contributed by atoms with van der Waals surface area (Å²) >= 11 is 0. The Hall–Kier alpha value is -2.36. The highest BCUT2D eigenvalue weighted by atomic mass is 17.2. The molecule has 0 atom stereocenters. The second kappa shape index (κ2) is 7.06.